The summed E-state index contributed by atoms with van der Waals surface area (Å²) in [5.74, 6) is 0.908. The van der Waals surface area contributed by atoms with Crippen molar-refractivity contribution in [3.05, 3.63) is 53.9 Å². The first-order chi connectivity index (χ1) is 9.25. The molecule has 100 valence electrons. The van der Waals surface area contributed by atoms with Gasteiger partial charge in [-0.15, -0.1) is 0 Å². The van der Waals surface area contributed by atoms with E-state index in [1.165, 1.54) is 16.8 Å². The van der Waals surface area contributed by atoms with E-state index >= 15 is 0 Å². The van der Waals surface area contributed by atoms with Crippen molar-refractivity contribution in [2.24, 2.45) is 0 Å². The quantitative estimate of drug-likeness (QED) is 0.615. The second-order valence-corrected chi connectivity index (χ2v) is 5.47. The summed E-state index contributed by atoms with van der Waals surface area (Å²) in [6, 6.07) is 8.41. The smallest absolute Gasteiger partial charge is 0.165 e. The molecule has 2 N–H and O–H groups in total. The molecule has 0 fully saturated rings. The first-order valence-corrected chi connectivity index (χ1v) is 7.31. The van der Waals surface area contributed by atoms with Crippen LogP contribution in [0.1, 0.15) is 19.4 Å². The molecule has 0 unspecified atom stereocenters. The molecule has 0 atom stereocenters. The van der Waals surface area contributed by atoms with E-state index in [2.05, 4.69) is 59.5 Å². The van der Waals surface area contributed by atoms with Crippen molar-refractivity contribution in [3.8, 4) is 0 Å². The summed E-state index contributed by atoms with van der Waals surface area (Å²) in [7, 11) is 0. The molecule has 0 aliphatic rings. The summed E-state index contributed by atoms with van der Waals surface area (Å²) < 4.78 is 0. The number of para-hydroxylation sites is 1. The van der Waals surface area contributed by atoms with E-state index < -0.39 is 0 Å². The van der Waals surface area contributed by atoms with Gasteiger partial charge >= 0.3 is 0 Å². The highest BCUT2D eigenvalue weighted by molar-refractivity contribution is 7.98. The SMILES string of the molecule is CC(C)=CCNc1ccccc1CSc1ncc[nH]1. The van der Waals surface area contributed by atoms with E-state index in [1.807, 2.05) is 6.20 Å². The van der Waals surface area contributed by atoms with Crippen molar-refractivity contribution in [2.45, 2.75) is 24.8 Å². The van der Waals surface area contributed by atoms with E-state index in [4.69, 9.17) is 0 Å². The van der Waals surface area contributed by atoms with Crippen LogP contribution in [0, 0.1) is 0 Å². The van der Waals surface area contributed by atoms with E-state index in [9.17, 15) is 0 Å². The second-order valence-electron chi connectivity index (χ2n) is 4.50. The van der Waals surface area contributed by atoms with Gasteiger partial charge in [0.05, 0.1) is 0 Å². The van der Waals surface area contributed by atoms with Gasteiger partial charge in [0.15, 0.2) is 5.16 Å². The van der Waals surface area contributed by atoms with Crippen LogP contribution in [0.25, 0.3) is 0 Å². The highest BCUT2D eigenvalue weighted by atomic mass is 32.2. The molecule has 19 heavy (non-hydrogen) atoms. The molecule has 0 saturated heterocycles. The Labute approximate surface area is 118 Å². The van der Waals surface area contributed by atoms with Crippen molar-refractivity contribution in [3.63, 3.8) is 0 Å². The average Bonchev–Trinajstić information content (AvgIpc) is 2.90. The Hall–Kier alpha value is -1.68. The van der Waals surface area contributed by atoms with Gasteiger partial charge < -0.3 is 10.3 Å². The first-order valence-electron chi connectivity index (χ1n) is 6.33. The van der Waals surface area contributed by atoms with Crippen LogP contribution >= 0.6 is 11.8 Å². The minimum absolute atomic E-state index is 0.866. The number of hydrogen-bond acceptors (Lipinski definition) is 3. The fraction of sp³-hybridized carbons (Fsp3) is 0.267. The van der Waals surface area contributed by atoms with E-state index in [0.29, 0.717) is 0 Å². The van der Waals surface area contributed by atoms with Crippen molar-refractivity contribution >= 4 is 17.4 Å². The number of aromatic amines is 1. The second kappa shape index (κ2) is 7.04. The van der Waals surface area contributed by atoms with Gasteiger partial charge in [-0.2, -0.15) is 0 Å². The van der Waals surface area contributed by atoms with Gasteiger partial charge in [-0.25, -0.2) is 4.98 Å². The number of allylic oxidation sites excluding steroid dienone is 1. The molecule has 1 aromatic carbocycles. The Balaban J connectivity index is 1.97. The Kier molecular flexibility index (Phi) is 5.10. The minimum atomic E-state index is 0.866. The van der Waals surface area contributed by atoms with Crippen molar-refractivity contribution in [1.82, 2.24) is 9.97 Å². The van der Waals surface area contributed by atoms with Crippen LogP contribution in [0.5, 0.6) is 0 Å². The molecule has 0 amide bonds. The molecule has 0 bridgehead atoms. The number of H-pyrrole nitrogens is 1. The van der Waals surface area contributed by atoms with E-state index in [0.717, 1.165) is 17.5 Å². The average molecular weight is 273 g/mol. The van der Waals surface area contributed by atoms with Crippen LogP contribution in [-0.2, 0) is 5.75 Å². The van der Waals surface area contributed by atoms with E-state index in [-0.39, 0.29) is 0 Å². The number of imidazole rings is 1. The zero-order valence-corrected chi connectivity index (χ0v) is 12.1. The molecular weight excluding hydrogens is 254 g/mol. The molecule has 2 aromatic rings. The monoisotopic (exact) mass is 273 g/mol. The third kappa shape index (κ3) is 4.48. The highest BCUT2D eigenvalue weighted by Crippen LogP contribution is 2.24. The Morgan fingerprint density at radius 1 is 1.37 bits per heavy atom. The van der Waals surface area contributed by atoms with Gasteiger partial charge in [-0.1, -0.05) is 41.6 Å². The lowest BCUT2D eigenvalue weighted by Gasteiger charge is -2.10. The molecule has 0 saturated carbocycles. The molecule has 0 radical (unpaired) electrons. The van der Waals surface area contributed by atoms with Crippen LogP contribution in [0.15, 0.2) is 53.5 Å². The maximum absolute atomic E-state index is 4.22. The molecule has 2 rings (SSSR count). The molecule has 0 spiro atoms. The summed E-state index contributed by atoms with van der Waals surface area (Å²) in [5, 5.41) is 4.41. The number of benzene rings is 1. The number of nitrogens with one attached hydrogen (secondary N) is 2. The normalized spacial score (nSPS) is 10.2. The third-order valence-electron chi connectivity index (χ3n) is 2.66. The van der Waals surface area contributed by atoms with Crippen LogP contribution in [0.4, 0.5) is 5.69 Å². The molecule has 1 aromatic heterocycles. The van der Waals surface area contributed by atoms with Gasteiger partial charge in [-0.3, -0.25) is 0 Å². The summed E-state index contributed by atoms with van der Waals surface area (Å²) in [6.07, 6.45) is 5.82. The standard InChI is InChI=1S/C15H19N3S/c1-12(2)7-8-16-14-6-4-3-5-13(14)11-19-15-17-9-10-18-15/h3-7,9-10,16H,8,11H2,1-2H3,(H,17,18). The maximum Gasteiger partial charge on any atom is 0.165 e. The number of aromatic nitrogens is 2. The highest BCUT2D eigenvalue weighted by Gasteiger charge is 2.02. The molecule has 4 heteroatoms. The molecule has 0 aliphatic carbocycles. The maximum atomic E-state index is 4.22. The number of nitrogens with zero attached hydrogens (tertiary/aromatic N) is 1. The minimum Gasteiger partial charge on any atom is -0.381 e. The summed E-state index contributed by atoms with van der Waals surface area (Å²) in [6.45, 7) is 5.09. The van der Waals surface area contributed by atoms with Gasteiger partial charge in [0.25, 0.3) is 0 Å². The fourth-order valence-electron chi connectivity index (χ4n) is 1.66. The summed E-state index contributed by atoms with van der Waals surface area (Å²) in [5.41, 5.74) is 3.82. The fourth-order valence-corrected chi connectivity index (χ4v) is 2.49. The first kappa shape index (κ1) is 13.7. The number of rotatable bonds is 6. The third-order valence-corrected chi connectivity index (χ3v) is 3.61. The van der Waals surface area contributed by atoms with E-state index in [1.54, 1.807) is 18.0 Å². The summed E-state index contributed by atoms with van der Waals surface area (Å²) in [4.78, 5) is 7.33. The Morgan fingerprint density at radius 2 is 2.21 bits per heavy atom. The number of hydrogen-bond donors (Lipinski definition) is 2. The largest absolute Gasteiger partial charge is 0.381 e. The molecular formula is C15H19N3S. The Bertz CT molecular complexity index is 528. The molecule has 0 aliphatic heterocycles. The van der Waals surface area contributed by atoms with Crippen LogP contribution in [0.2, 0.25) is 0 Å². The number of anilines is 1. The van der Waals surface area contributed by atoms with Crippen molar-refractivity contribution in [1.29, 1.82) is 0 Å². The van der Waals surface area contributed by atoms with Gasteiger partial charge in [0, 0.05) is 30.4 Å². The lowest BCUT2D eigenvalue weighted by Crippen LogP contribution is -2.01. The predicted molar refractivity (Wildman–Crippen MR) is 82.5 cm³/mol. The van der Waals surface area contributed by atoms with Crippen molar-refractivity contribution < 1.29 is 0 Å². The zero-order chi connectivity index (χ0) is 13.5. The number of thioether (sulfide) groups is 1. The lowest BCUT2D eigenvalue weighted by molar-refractivity contribution is 1.06. The van der Waals surface area contributed by atoms with Crippen LogP contribution < -0.4 is 5.32 Å². The summed E-state index contributed by atoms with van der Waals surface area (Å²) >= 11 is 1.71. The molecule has 3 nitrogen and oxygen atoms in total. The predicted octanol–water partition coefficient (Wildman–Crippen LogP) is 4.08. The van der Waals surface area contributed by atoms with Gasteiger partial charge in [0.1, 0.15) is 0 Å². The van der Waals surface area contributed by atoms with Gasteiger partial charge in [0.2, 0.25) is 0 Å². The van der Waals surface area contributed by atoms with Crippen molar-refractivity contribution in [2.75, 3.05) is 11.9 Å². The topological polar surface area (TPSA) is 40.7 Å². The van der Waals surface area contributed by atoms with Crippen LogP contribution in [-0.4, -0.2) is 16.5 Å². The zero-order valence-electron chi connectivity index (χ0n) is 11.3. The molecule has 1 heterocycles. The lowest BCUT2D eigenvalue weighted by atomic mass is 10.2. The van der Waals surface area contributed by atoms with Crippen LogP contribution in [0.3, 0.4) is 0 Å². The Morgan fingerprint density at radius 3 is 2.95 bits per heavy atom. The van der Waals surface area contributed by atoms with Gasteiger partial charge in [-0.05, 0) is 25.5 Å².